The Morgan fingerprint density at radius 3 is 2.55 bits per heavy atom. The molecule has 1 aromatic rings. The Bertz CT molecular complexity index is 162. The van der Waals surface area contributed by atoms with Crippen molar-refractivity contribution >= 4 is 0 Å². The van der Waals surface area contributed by atoms with Gasteiger partial charge in [-0.1, -0.05) is 13.8 Å². The SMILES string of the molecule is CC.NCCc1ccnnc1. The van der Waals surface area contributed by atoms with Crippen LogP contribution in [0.15, 0.2) is 18.5 Å². The summed E-state index contributed by atoms with van der Waals surface area (Å²) < 4.78 is 0. The summed E-state index contributed by atoms with van der Waals surface area (Å²) in [7, 11) is 0. The van der Waals surface area contributed by atoms with Crippen LogP contribution in [-0.2, 0) is 6.42 Å². The number of hydrogen-bond donors (Lipinski definition) is 1. The highest BCUT2D eigenvalue weighted by molar-refractivity contribution is 5.05. The molecule has 0 aliphatic carbocycles. The molecule has 0 atom stereocenters. The van der Waals surface area contributed by atoms with Gasteiger partial charge in [-0.2, -0.15) is 10.2 Å². The highest BCUT2D eigenvalue weighted by Gasteiger charge is 1.86. The van der Waals surface area contributed by atoms with E-state index in [9.17, 15) is 0 Å². The van der Waals surface area contributed by atoms with E-state index in [1.165, 1.54) is 0 Å². The van der Waals surface area contributed by atoms with Crippen LogP contribution in [0.25, 0.3) is 0 Å². The van der Waals surface area contributed by atoms with Crippen molar-refractivity contribution in [3.8, 4) is 0 Å². The summed E-state index contributed by atoms with van der Waals surface area (Å²) >= 11 is 0. The lowest BCUT2D eigenvalue weighted by atomic mass is 10.2. The maximum Gasteiger partial charge on any atom is 0.0528 e. The molecule has 3 heteroatoms. The molecule has 0 saturated heterocycles. The largest absolute Gasteiger partial charge is 0.330 e. The number of hydrogen-bond acceptors (Lipinski definition) is 3. The zero-order valence-corrected chi connectivity index (χ0v) is 7.12. The number of nitrogens with zero attached hydrogens (tertiary/aromatic N) is 2. The van der Waals surface area contributed by atoms with Crippen LogP contribution < -0.4 is 5.73 Å². The van der Waals surface area contributed by atoms with Crippen molar-refractivity contribution in [2.24, 2.45) is 5.73 Å². The van der Waals surface area contributed by atoms with E-state index >= 15 is 0 Å². The molecule has 0 unspecified atom stereocenters. The Balaban J connectivity index is 0.000000461. The standard InChI is InChI=1S/C6H9N3.C2H6/c7-3-1-6-2-4-8-9-5-6;1-2/h2,4-5H,1,3,7H2;1-2H3. The first-order valence-electron chi connectivity index (χ1n) is 3.89. The Kier molecular flexibility index (Phi) is 6.53. The maximum absolute atomic E-state index is 5.31. The van der Waals surface area contributed by atoms with Gasteiger partial charge in [0, 0.05) is 6.20 Å². The van der Waals surface area contributed by atoms with E-state index in [0.717, 1.165) is 12.0 Å². The second kappa shape index (κ2) is 7.15. The van der Waals surface area contributed by atoms with Crippen molar-refractivity contribution in [2.45, 2.75) is 20.3 Å². The predicted octanol–water partition coefficient (Wildman–Crippen LogP) is 1.00. The predicted molar refractivity (Wildman–Crippen MR) is 46.1 cm³/mol. The van der Waals surface area contributed by atoms with Crippen molar-refractivity contribution in [3.63, 3.8) is 0 Å². The Hall–Kier alpha value is -0.960. The van der Waals surface area contributed by atoms with Gasteiger partial charge in [0.05, 0.1) is 6.20 Å². The molecule has 0 aromatic carbocycles. The van der Waals surface area contributed by atoms with Crippen molar-refractivity contribution in [2.75, 3.05) is 6.54 Å². The molecule has 62 valence electrons. The third kappa shape index (κ3) is 4.44. The van der Waals surface area contributed by atoms with Gasteiger partial charge >= 0.3 is 0 Å². The highest BCUT2D eigenvalue weighted by Crippen LogP contribution is 1.91. The minimum atomic E-state index is 0.672. The second-order valence-electron chi connectivity index (χ2n) is 1.79. The molecule has 0 aliphatic heterocycles. The lowest BCUT2D eigenvalue weighted by Gasteiger charge is -1.92. The molecule has 0 aliphatic rings. The molecule has 1 rings (SSSR count). The summed E-state index contributed by atoms with van der Waals surface area (Å²) in [4.78, 5) is 0. The van der Waals surface area contributed by atoms with Gasteiger partial charge in [-0.3, -0.25) is 0 Å². The zero-order valence-electron chi connectivity index (χ0n) is 7.12. The Labute approximate surface area is 67.6 Å². The van der Waals surface area contributed by atoms with Crippen LogP contribution in [0.3, 0.4) is 0 Å². The molecule has 2 N–H and O–H groups in total. The molecule has 0 saturated carbocycles. The number of aromatic nitrogens is 2. The molecule has 0 bridgehead atoms. The van der Waals surface area contributed by atoms with Crippen molar-refractivity contribution < 1.29 is 0 Å². The van der Waals surface area contributed by atoms with E-state index in [2.05, 4.69) is 10.2 Å². The van der Waals surface area contributed by atoms with Gasteiger partial charge in [0.2, 0.25) is 0 Å². The maximum atomic E-state index is 5.31. The van der Waals surface area contributed by atoms with Crippen LogP contribution in [0.1, 0.15) is 19.4 Å². The van der Waals surface area contributed by atoms with E-state index in [-0.39, 0.29) is 0 Å². The van der Waals surface area contributed by atoms with Crippen molar-refractivity contribution in [1.29, 1.82) is 0 Å². The van der Waals surface area contributed by atoms with Gasteiger partial charge in [0.15, 0.2) is 0 Å². The topological polar surface area (TPSA) is 51.8 Å². The quantitative estimate of drug-likeness (QED) is 0.689. The zero-order chi connectivity index (χ0) is 8.53. The fraction of sp³-hybridized carbons (Fsp3) is 0.500. The second-order valence-corrected chi connectivity index (χ2v) is 1.79. The van der Waals surface area contributed by atoms with Crippen LogP contribution >= 0.6 is 0 Å². The summed E-state index contributed by atoms with van der Waals surface area (Å²) in [6.07, 6.45) is 4.29. The van der Waals surface area contributed by atoms with Gasteiger partial charge in [-0.05, 0) is 24.6 Å². The van der Waals surface area contributed by atoms with Crippen LogP contribution in [0.4, 0.5) is 0 Å². The van der Waals surface area contributed by atoms with Crippen molar-refractivity contribution in [3.05, 3.63) is 24.0 Å². The normalized spacial score (nSPS) is 8.27. The minimum Gasteiger partial charge on any atom is -0.330 e. The van der Waals surface area contributed by atoms with E-state index in [4.69, 9.17) is 5.73 Å². The van der Waals surface area contributed by atoms with E-state index in [1.807, 2.05) is 19.9 Å². The van der Waals surface area contributed by atoms with Crippen LogP contribution in [0.2, 0.25) is 0 Å². The first-order chi connectivity index (χ1) is 5.43. The first-order valence-corrected chi connectivity index (χ1v) is 3.89. The Morgan fingerprint density at radius 1 is 1.36 bits per heavy atom. The van der Waals surface area contributed by atoms with Crippen LogP contribution in [0.5, 0.6) is 0 Å². The fourth-order valence-electron chi connectivity index (χ4n) is 0.633. The Morgan fingerprint density at radius 2 is 2.09 bits per heavy atom. The molecule has 0 amide bonds. The van der Waals surface area contributed by atoms with Gasteiger partial charge in [0.1, 0.15) is 0 Å². The van der Waals surface area contributed by atoms with E-state index in [1.54, 1.807) is 12.4 Å². The van der Waals surface area contributed by atoms with Crippen LogP contribution in [-0.4, -0.2) is 16.7 Å². The van der Waals surface area contributed by atoms with Gasteiger partial charge < -0.3 is 5.73 Å². The molecular formula is C8H15N3. The van der Waals surface area contributed by atoms with E-state index in [0.29, 0.717) is 6.54 Å². The first kappa shape index (κ1) is 10.0. The summed E-state index contributed by atoms with van der Waals surface area (Å²) in [5.74, 6) is 0. The third-order valence-electron chi connectivity index (χ3n) is 1.08. The minimum absolute atomic E-state index is 0.672. The highest BCUT2D eigenvalue weighted by atomic mass is 15.1. The van der Waals surface area contributed by atoms with Gasteiger partial charge in [0.25, 0.3) is 0 Å². The number of nitrogens with two attached hydrogens (primary N) is 1. The smallest absolute Gasteiger partial charge is 0.0528 e. The van der Waals surface area contributed by atoms with Crippen molar-refractivity contribution in [1.82, 2.24) is 10.2 Å². The number of rotatable bonds is 2. The summed E-state index contributed by atoms with van der Waals surface area (Å²) in [5, 5.41) is 7.33. The monoisotopic (exact) mass is 153 g/mol. The lowest BCUT2D eigenvalue weighted by Crippen LogP contribution is -2.02. The molecule has 0 spiro atoms. The summed E-state index contributed by atoms with van der Waals surface area (Å²) in [6.45, 7) is 4.67. The van der Waals surface area contributed by atoms with E-state index < -0.39 is 0 Å². The average molecular weight is 153 g/mol. The molecule has 1 aromatic heterocycles. The molecule has 11 heavy (non-hydrogen) atoms. The molecule has 0 radical (unpaired) electrons. The summed E-state index contributed by atoms with van der Waals surface area (Å²) in [5.41, 5.74) is 6.46. The van der Waals surface area contributed by atoms with Crippen LogP contribution in [0, 0.1) is 0 Å². The average Bonchev–Trinajstić information content (AvgIpc) is 2.11. The fourth-order valence-corrected chi connectivity index (χ4v) is 0.633. The molecule has 3 nitrogen and oxygen atoms in total. The summed E-state index contributed by atoms with van der Waals surface area (Å²) in [6, 6.07) is 1.92. The van der Waals surface area contributed by atoms with Gasteiger partial charge in [-0.15, -0.1) is 0 Å². The lowest BCUT2D eigenvalue weighted by molar-refractivity contribution is 0.926. The molecule has 0 fully saturated rings. The molecule has 1 heterocycles. The van der Waals surface area contributed by atoms with Gasteiger partial charge in [-0.25, -0.2) is 0 Å². The molecular weight excluding hydrogens is 138 g/mol. The third-order valence-corrected chi connectivity index (χ3v) is 1.08.